The molecular formula is C12H17NS. The summed E-state index contributed by atoms with van der Waals surface area (Å²) in [6, 6.07) is 2.33. The molecule has 1 fully saturated rings. The van der Waals surface area contributed by atoms with Crippen LogP contribution in [0, 0.1) is 0 Å². The van der Waals surface area contributed by atoms with Crippen molar-refractivity contribution in [2.45, 2.75) is 44.1 Å². The Hall–Kier alpha value is -0.340. The summed E-state index contributed by atoms with van der Waals surface area (Å²) < 4.78 is 0. The van der Waals surface area contributed by atoms with Gasteiger partial charge in [0, 0.05) is 11.4 Å². The van der Waals surface area contributed by atoms with Gasteiger partial charge in [0.1, 0.15) is 0 Å². The number of rotatable bonds is 0. The smallest absolute Gasteiger partial charge is 0.0531 e. The normalized spacial score (nSPS) is 24.9. The summed E-state index contributed by atoms with van der Waals surface area (Å²) in [5.74, 6) is 0. The molecule has 0 unspecified atom stereocenters. The number of hydrogen-bond acceptors (Lipinski definition) is 2. The van der Waals surface area contributed by atoms with Crippen molar-refractivity contribution >= 4 is 11.3 Å². The Balaban J connectivity index is 2.01. The molecule has 1 spiro atoms. The Morgan fingerprint density at radius 2 is 2.07 bits per heavy atom. The molecule has 1 saturated carbocycles. The third-order valence-corrected chi connectivity index (χ3v) is 4.91. The van der Waals surface area contributed by atoms with Gasteiger partial charge in [-0.2, -0.15) is 0 Å². The summed E-state index contributed by atoms with van der Waals surface area (Å²) >= 11 is 1.97. The van der Waals surface area contributed by atoms with Crippen LogP contribution in [0.25, 0.3) is 0 Å². The van der Waals surface area contributed by atoms with Crippen LogP contribution in [0.3, 0.4) is 0 Å². The Morgan fingerprint density at radius 1 is 1.21 bits per heavy atom. The van der Waals surface area contributed by atoms with Gasteiger partial charge < -0.3 is 5.32 Å². The van der Waals surface area contributed by atoms with Crippen molar-refractivity contribution in [2.75, 3.05) is 6.54 Å². The predicted octanol–water partition coefficient (Wildman–Crippen LogP) is 3.05. The van der Waals surface area contributed by atoms with Crippen LogP contribution >= 0.6 is 11.3 Å². The second-order valence-electron chi connectivity index (χ2n) is 4.59. The molecule has 3 rings (SSSR count). The van der Waals surface area contributed by atoms with Gasteiger partial charge in [0.15, 0.2) is 0 Å². The van der Waals surface area contributed by atoms with Gasteiger partial charge in [-0.05, 0) is 36.3 Å². The molecule has 1 nitrogen and oxygen atoms in total. The molecular weight excluding hydrogens is 190 g/mol. The number of fused-ring (bicyclic) bond motifs is 2. The van der Waals surface area contributed by atoms with Crippen LogP contribution in [0.4, 0.5) is 0 Å². The lowest BCUT2D eigenvalue weighted by Crippen LogP contribution is -2.47. The molecule has 1 N–H and O–H groups in total. The molecule has 1 aliphatic carbocycles. The fourth-order valence-corrected chi connectivity index (χ4v) is 4.22. The predicted molar refractivity (Wildman–Crippen MR) is 60.8 cm³/mol. The highest BCUT2D eigenvalue weighted by Gasteiger charge is 2.37. The van der Waals surface area contributed by atoms with Crippen molar-refractivity contribution in [3.63, 3.8) is 0 Å². The van der Waals surface area contributed by atoms with E-state index in [2.05, 4.69) is 16.8 Å². The lowest BCUT2D eigenvalue weighted by Gasteiger charge is -2.41. The van der Waals surface area contributed by atoms with E-state index in [-0.39, 0.29) is 0 Å². The van der Waals surface area contributed by atoms with Gasteiger partial charge >= 0.3 is 0 Å². The largest absolute Gasteiger partial charge is 0.306 e. The van der Waals surface area contributed by atoms with Crippen molar-refractivity contribution in [3.05, 3.63) is 21.9 Å². The van der Waals surface area contributed by atoms with Crippen LogP contribution in [-0.4, -0.2) is 6.54 Å². The van der Waals surface area contributed by atoms with Crippen molar-refractivity contribution in [1.82, 2.24) is 5.32 Å². The summed E-state index contributed by atoms with van der Waals surface area (Å²) in [7, 11) is 0. The van der Waals surface area contributed by atoms with Gasteiger partial charge in [0.05, 0.1) is 5.54 Å². The molecule has 2 heterocycles. The lowest BCUT2D eigenvalue weighted by atomic mass is 9.77. The zero-order chi connectivity index (χ0) is 9.43. The van der Waals surface area contributed by atoms with Gasteiger partial charge in [0.2, 0.25) is 0 Å². The maximum absolute atomic E-state index is 3.79. The van der Waals surface area contributed by atoms with Crippen molar-refractivity contribution < 1.29 is 0 Å². The summed E-state index contributed by atoms with van der Waals surface area (Å²) in [4.78, 5) is 1.66. The van der Waals surface area contributed by atoms with E-state index in [1.54, 1.807) is 10.4 Å². The van der Waals surface area contributed by atoms with Crippen LogP contribution < -0.4 is 5.32 Å². The number of hydrogen-bond donors (Lipinski definition) is 1. The van der Waals surface area contributed by atoms with E-state index in [0.29, 0.717) is 5.54 Å². The molecule has 0 atom stereocenters. The van der Waals surface area contributed by atoms with Crippen molar-refractivity contribution in [3.8, 4) is 0 Å². The number of thiophene rings is 1. The summed E-state index contributed by atoms with van der Waals surface area (Å²) in [5, 5.41) is 6.06. The Labute approximate surface area is 89.5 Å². The highest BCUT2D eigenvalue weighted by atomic mass is 32.1. The molecule has 1 aromatic heterocycles. The third kappa shape index (κ3) is 1.24. The summed E-state index contributed by atoms with van der Waals surface area (Å²) in [6.45, 7) is 1.18. The molecule has 0 saturated heterocycles. The zero-order valence-electron chi connectivity index (χ0n) is 8.51. The third-order valence-electron chi connectivity index (χ3n) is 3.75. The second-order valence-corrected chi connectivity index (χ2v) is 5.51. The number of nitrogens with one attached hydrogen (secondary N) is 1. The first-order valence-electron chi connectivity index (χ1n) is 5.73. The second kappa shape index (κ2) is 3.35. The Kier molecular flexibility index (Phi) is 2.14. The quantitative estimate of drug-likeness (QED) is 0.689. The van der Waals surface area contributed by atoms with E-state index in [1.807, 2.05) is 11.3 Å². The minimum Gasteiger partial charge on any atom is -0.306 e. The van der Waals surface area contributed by atoms with Gasteiger partial charge in [0.25, 0.3) is 0 Å². The van der Waals surface area contributed by atoms with Crippen molar-refractivity contribution in [1.29, 1.82) is 0 Å². The minimum atomic E-state index is 0.389. The molecule has 1 aliphatic heterocycles. The van der Waals surface area contributed by atoms with Crippen LogP contribution in [0.1, 0.15) is 42.5 Å². The average Bonchev–Trinajstić information content (AvgIpc) is 2.69. The van der Waals surface area contributed by atoms with E-state index in [9.17, 15) is 0 Å². The van der Waals surface area contributed by atoms with E-state index < -0.39 is 0 Å². The van der Waals surface area contributed by atoms with Gasteiger partial charge in [-0.1, -0.05) is 19.3 Å². The zero-order valence-corrected chi connectivity index (χ0v) is 9.33. The monoisotopic (exact) mass is 207 g/mol. The van der Waals surface area contributed by atoms with E-state index in [1.165, 1.54) is 45.1 Å². The standard InChI is InChI=1S/C12H17NS/c1-2-6-12(7-3-1)11-10(4-8-13-12)5-9-14-11/h5,9,13H,1-4,6-8H2. The topological polar surface area (TPSA) is 12.0 Å². The molecule has 0 radical (unpaired) electrons. The van der Waals surface area contributed by atoms with Gasteiger partial charge in [-0.3, -0.25) is 0 Å². The highest BCUT2D eigenvalue weighted by Crippen LogP contribution is 2.43. The highest BCUT2D eigenvalue weighted by molar-refractivity contribution is 7.10. The summed E-state index contributed by atoms with van der Waals surface area (Å²) in [6.07, 6.45) is 8.21. The lowest BCUT2D eigenvalue weighted by molar-refractivity contribution is 0.228. The fourth-order valence-electron chi connectivity index (χ4n) is 3.03. The van der Waals surface area contributed by atoms with E-state index >= 15 is 0 Å². The van der Waals surface area contributed by atoms with Crippen LogP contribution in [-0.2, 0) is 12.0 Å². The van der Waals surface area contributed by atoms with E-state index in [4.69, 9.17) is 0 Å². The maximum atomic E-state index is 3.79. The SMILES string of the molecule is c1cc2c(s1)C1(CCCCC1)NCC2. The van der Waals surface area contributed by atoms with Gasteiger partial charge in [-0.15, -0.1) is 11.3 Å². The molecule has 76 valence electrons. The maximum Gasteiger partial charge on any atom is 0.0531 e. The van der Waals surface area contributed by atoms with Crippen LogP contribution in [0.2, 0.25) is 0 Å². The van der Waals surface area contributed by atoms with Gasteiger partial charge in [-0.25, -0.2) is 0 Å². The molecule has 0 amide bonds. The first-order chi connectivity index (χ1) is 6.91. The van der Waals surface area contributed by atoms with Crippen LogP contribution in [0.15, 0.2) is 11.4 Å². The average molecular weight is 207 g/mol. The molecule has 0 aromatic carbocycles. The summed E-state index contributed by atoms with van der Waals surface area (Å²) in [5.41, 5.74) is 2.01. The first kappa shape index (κ1) is 8.93. The molecule has 2 aliphatic rings. The molecule has 1 aromatic rings. The Bertz CT molecular complexity index is 323. The Morgan fingerprint density at radius 3 is 2.93 bits per heavy atom. The van der Waals surface area contributed by atoms with Crippen molar-refractivity contribution in [2.24, 2.45) is 0 Å². The molecule has 14 heavy (non-hydrogen) atoms. The molecule has 2 heteroatoms. The molecule has 0 bridgehead atoms. The fraction of sp³-hybridized carbons (Fsp3) is 0.667. The first-order valence-corrected chi connectivity index (χ1v) is 6.61. The van der Waals surface area contributed by atoms with E-state index in [0.717, 1.165) is 0 Å². The van der Waals surface area contributed by atoms with Crippen LogP contribution in [0.5, 0.6) is 0 Å². The minimum absolute atomic E-state index is 0.389.